The molecular weight excluding hydrogens is 259 g/mol. The molecule has 1 heterocycles. The Kier molecular flexibility index (Phi) is 3.52. The average molecular weight is 269 g/mol. The molecule has 88 valence electrons. The number of halogens is 2. The van der Waals surface area contributed by atoms with Gasteiger partial charge in [-0.1, -0.05) is 35.3 Å². The SMILES string of the molecule is Nc1ncccc1C(O)c1ccc(Cl)c(Cl)c1. The van der Waals surface area contributed by atoms with E-state index in [2.05, 4.69) is 4.98 Å². The fourth-order valence-corrected chi connectivity index (χ4v) is 1.83. The summed E-state index contributed by atoms with van der Waals surface area (Å²) in [5.74, 6) is 0.297. The van der Waals surface area contributed by atoms with Crippen LogP contribution >= 0.6 is 23.2 Å². The van der Waals surface area contributed by atoms with Gasteiger partial charge in [0.15, 0.2) is 0 Å². The van der Waals surface area contributed by atoms with Crippen LogP contribution in [0.3, 0.4) is 0 Å². The topological polar surface area (TPSA) is 59.1 Å². The molecule has 0 aliphatic carbocycles. The molecule has 5 heteroatoms. The highest BCUT2D eigenvalue weighted by molar-refractivity contribution is 6.42. The van der Waals surface area contributed by atoms with Crippen LogP contribution in [0.1, 0.15) is 17.2 Å². The van der Waals surface area contributed by atoms with Crippen molar-refractivity contribution in [1.82, 2.24) is 4.98 Å². The minimum Gasteiger partial charge on any atom is -0.384 e. The Morgan fingerprint density at radius 3 is 2.59 bits per heavy atom. The number of hydrogen-bond acceptors (Lipinski definition) is 3. The number of nitrogens with zero attached hydrogens (tertiary/aromatic N) is 1. The van der Waals surface area contributed by atoms with Crippen molar-refractivity contribution in [2.24, 2.45) is 0 Å². The molecule has 0 amide bonds. The van der Waals surface area contributed by atoms with Gasteiger partial charge in [0.2, 0.25) is 0 Å². The lowest BCUT2D eigenvalue weighted by atomic mass is 10.0. The Balaban J connectivity index is 2.40. The maximum absolute atomic E-state index is 10.2. The molecule has 3 nitrogen and oxygen atoms in total. The number of nitrogens with two attached hydrogens (primary N) is 1. The fourth-order valence-electron chi connectivity index (χ4n) is 1.52. The molecule has 2 aromatic rings. The maximum atomic E-state index is 10.2. The molecule has 0 spiro atoms. The Labute approximate surface area is 109 Å². The van der Waals surface area contributed by atoms with Gasteiger partial charge < -0.3 is 10.8 Å². The van der Waals surface area contributed by atoms with Crippen molar-refractivity contribution >= 4 is 29.0 Å². The molecule has 0 radical (unpaired) electrons. The van der Waals surface area contributed by atoms with Crippen LogP contribution in [-0.4, -0.2) is 10.1 Å². The summed E-state index contributed by atoms with van der Waals surface area (Å²) in [4.78, 5) is 3.92. The van der Waals surface area contributed by atoms with Crippen LogP contribution in [0.5, 0.6) is 0 Å². The Morgan fingerprint density at radius 1 is 1.18 bits per heavy atom. The molecule has 3 N–H and O–H groups in total. The average Bonchev–Trinajstić information content (AvgIpc) is 2.32. The molecule has 0 fully saturated rings. The summed E-state index contributed by atoms with van der Waals surface area (Å²) >= 11 is 11.7. The van der Waals surface area contributed by atoms with E-state index in [4.69, 9.17) is 28.9 Å². The van der Waals surface area contributed by atoms with Crippen LogP contribution in [0.4, 0.5) is 5.82 Å². The van der Waals surface area contributed by atoms with E-state index in [0.717, 1.165) is 0 Å². The Morgan fingerprint density at radius 2 is 1.94 bits per heavy atom. The van der Waals surface area contributed by atoms with Gasteiger partial charge in [-0.2, -0.15) is 0 Å². The lowest BCUT2D eigenvalue weighted by molar-refractivity contribution is 0.221. The second kappa shape index (κ2) is 4.92. The normalized spacial score (nSPS) is 12.4. The molecule has 0 aliphatic heterocycles. The van der Waals surface area contributed by atoms with Crippen molar-refractivity contribution in [1.29, 1.82) is 0 Å². The van der Waals surface area contributed by atoms with Gasteiger partial charge in [0.05, 0.1) is 10.0 Å². The second-order valence-electron chi connectivity index (χ2n) is 3.55. The van der Waals surface area contributed by atoms with Crippen molar-refractivity contribution in [2.75, 3.05) is 5.73 Å². The number of pyridine rings is 1. The van der Waals surface area contributed by atoms with E-state index >= 15 is 0 Å². The number of aliphatic hydroxyl groups is 1. The number of anilines is 1. The van der Waals surface area contributed by atoms with Gasteiger partial charge in [0.1, 0.15) is 11.9 Å². The number of hydrogen-bond donors (Lipinski definition) is 2. The summed E-state index contributed by atoms with van der Waals surface area (Å²) in [7, 11) is 0. The van der Waals surface area contributed by atoms with Gasteiger partial charge in [0, 0.05) is 11.8 Å². The zero-order chi connectivity index (χ0) is 12.4. The molecular formula is C12H10Cl2N2O. The maximum Gasteiger partial charge on any atom is 0.129 e. The zero-order valence-corrected chi connectivity index (χ0v) is 10.3. The van der Waals surface area contributed by atoms with Gasteiger partial charge in [-0.15, -0.1) is 0 Å². The first-order valence-corrected chi connectivity index (χ1v) is 5.68. The van der Waals surface area contributed by atoms with E-state index in [1.165, 1.54) is 0 Å². The smallest absolute Gasteiger partial charge is 0.129 e. The first-order chi connectivity index (χ1) is 8.09. The monoisotopic (exact) mass is 268 g/mol. The standard InChI is InChI=1S/C12H10Cl2N2O/c13-9-4-3-7(6-10(9)14)11(17)8-2-1-5-16-12(8)15/h1-6,11,17H,(H2,15,16). The fraction of sp³-hybridized carbons (Fsp3) is 0.0833. The summed E-state index contributed by atoms with van der Waals surface area (Å²) in [6.07, 6.45) is 0.707. The van der Waals surface area contributed by atoms with Gasteiger partial charge in [-0.25, -0.2) is 4.98 Å². The Bertz CT molecular complexity index is 546. The highest BCUT2D eigenvalue weighted by Crippen LogP contribution is 2.30. The van der Waals surface area contributed by atoms with Gasteiger partial charge in [-0.3, -0.25) is 0 Å². The van der Waals surface area contributed by atoms with E-state index in [1.807, 2.05) is 0 Å². The van der Waals surface area contributed by atoms with Crippen molar-refractivity contribution < 1.29 is 5.11 Å². The molecule has 0 saturated carbocycles. The molecule has 0 aliphatic rings. The van der Waals surface area contributed by atoms with Gasteiger partial charge in [0.25, 0.3) is 0 Å². The number of aliphatic hydroxyl groups excluding tert-OH is 1. The number of rotatable bonds is 2. The highest BCUT2D eigenvalue weighted by Gasteiger charge is 2.14. The van der Waals surface area contributed by atoms with Crippen LogP contribution < -0.4 is 5.73 Å². The largest absolute Gasteiger partial charge is 0.384 e. The van der Waals surface area contributed by atoms with E-state index in [9.17, 15) is 5.11 Å². The van der Waals surface area contributed by atoms with Crippen molar-refractivity contribution in [3.8, 4) is 0 Å². The van der Waals surface area contributed by atoms with Crippen LogP contribution in [-0.2, 0) is 0 Å². The summed E-state index contributed by atoms with van der Waals surface area (Å²) in [6, 6.07) is 8.38. The third-order valence-corrected chi connectivity index (χ3v) is 3.16. The van der Waals surface area contributed by atoms with Crippen molar-refractivity contribution in [2.45, 2.75) is 6.10 Å². The molecule has 2 rings (SSSR count). The lowest BCUT2D eigenvalue weighted by Gasteiger charge is -2.13. The third-order valence-electron chi connectivity index (χ3n) is 2.43. The first kappa shape index (κ1) is 12.2. The predicted molar refractivity (Wildman–Crippen MR) is 69.2 cm³/mol. The summed E-state index contributed by atoms with van der Waals surface area (Å²) in [5, 5.41) is 11.0. The highest BCUT2D eigenvalue weighted by atomic mass is 35.5. The van der Waals surface area contributed by atoms with E-state index in [1.54, 1.807) is 36.5 Å². The molecule has 1 atom stereocenters. The molecule has 17 heavy (non-hydrogen) atoms. The molecule has 1 aromatic carbocycles. The van der Waals surface area contributed by atoms with E-state index < -0.39 is 6.10 Å². The van der Waals surface area contributed by atoms with Crippen LogP contribution in [0.2, 0.25) is 10.0 Å². The van der Waals surface area contributed by atoms with E-state index in [-0.39, 0.29) is 0 Å². The van der Waals surface area contributed by atoms with Crippen LogP contribution in [0.25, 0.3) is 0 Å². The summed E-state index contributed by atoms with van der Waals surface area (Å²) in [5.41, 5.74) is 6.87. The summed E-state index contributed by atoms with van der Waals surface area (Å²) < 4.78 is 0. The van der Waals surface area contributed by atoms with E-state index in [0.29, 0.717) is 27.0 Å². The number of aromatic nitrogens is 1. The minimum atomic E-state index is -0.863. The zero-order valence-electron chi connectivity index (χ0n) is 8.77. The Hall–Kier alpha value is -1.29. The van der Waals surface area contributed by atoms with Crippen LogP contribution in [0.15, 0.2) is 36.5 Å². The second-order valence-corrected chi connectivity index (χ2v) is 4.37. The molecule has 0 bridgehead atoms. The van der Waals surface area contributed by atoms with Gasteiger partial charge >= 0.3 is 0 Å². The summed E-state index contributed by atoms with van der Waals surface area (Å²) in [6.45, 7) is 0. The molecule has 0 saturated heterocycles. The predicted octanol–water partition coefficient (Wildman–Crippen LogP) is 3.05. The van der Waals surface area contributed by atoms with Crippen LogP contribution in [0, 0.1) is 0 Å². The minimum absolute atomic E-state index is 0.297. The molecule has 1 unspecified atom stereocenters. The number of benzene rings is 1. The number of nitrogen functional groups attached to an aromatic ring is 1. The lowest BCUT2D eigenvalue weighted by Crippen LogP contribution is -2.05. The third kappa shape index (κ3) is 2.52. The van der Waals surface area contributed by atoms with Crippen molar-refractivity contribution in [3.05, 3.63) is 57.7 Å². The quantitative estimate of drug-likeness (QED) is 0.880. The van der Waals surface area contributed by atoms with Crippen molar-refractivity contribution in [3.63, 3.8) is 0 Å². The molecule has 1 aromatic heterocycles. The van der Waals surface area contributed by atoms with Gasteiger partial charge in [-0.05, 0) is 23.8 Å². The first-order valence-electron chi connectivity index (χ1n) is 4.93.